The van der Waals surface area contributed by atoms with Crippen LogP contribution in [0, 0.1) is 17.8 Å². The number of hydrogen-bond donors (Lipinski definition) is 1. The number of likely N-dealkylation sites (tertiary alicyclic amines) is 1. The molecule has 0 aromatic heterocycles. The Balaban J connectivity index is 1.78. The summed E-state index contributed by atoms with van der Waals surface area (Å²) in [5.41, 5.74) is 0. The molecule has 1 N–H and O–H groups in total. The highest BCUT2D eigenvalue weighted by molar-refractivity contribution is 4.82. The Bertz CT molecular complexity index is 181. The van der Waals surface area contributed by atoms with E-state index in [-0.39, 0.29) is 0 Å². The molecule has 0 aliphatic carbocycles. The van der Waals surface area contributed by atoms with Gasteiger partial charge in [0.25, 0.3) is 0 Å². The molecule has 2 aliphatic rings. The van der Waals surface area contributed by atoms with Crippen LogP contribution in [0.4, 0.5) is 0 Å². The molecule has 2 fully saturated rings. The maximum atomic E-state index is 3.50. The van der Waals surface area contributed by atoms with Crippen molar-refractivity contribution in [3.05, 3.63) is 0 Å². The third-order valence-electron chi connectivity index (χ3n) is 3.91. The number of hydrogen-bond acceptors (Lipinski definition) is 2. The zero-order valence-electron chi connectivity index (χ0n) is 9.63. The SMILES string of the molecule is CC1CCCN(C[C@@H]2CNC[C@H]2C)C1. The van der Waals surface area contributed by atoms with Crippen LogP contribution < -0.4 is 5.32 Å². The van der Waals surface area contributed by atoms with E-state index in [9.17, 15) is 0 Å². The van der Waals surface area contributed by atoms with Gasteiger partial charge in [-0.2, -0.15) is 0 Å². The minimum atomic E-state index is 0.882. The van der Waals surface area contributed by atoms with Crippen LogP contribution in [-0.2, 0) is 0 Å². The van der Waals surface area contributed by atoms with Gasteiger partial charge in [0, 0.05) is 13.1 Å². The van der Waals surface area contributed by atoms with Gasteiger partial charge < -0.3 is 10.2 Å². The Hall–Kier alpha value is -0.0800. The number of nitrogens with one attached hydrogen (secondary N) is 1. The first-order valence-electron chi connectivity index (χ1n) is 6.19. The lowest BCUT2D eigenvalue weighted by molar-refractivity contribution is 0.153. The average Bonchev–Trinajstić information content (AvgIpc) is 2.52. The summed E-state index contributed by atoms with van der Waals surface area (Å²) in [6, 6.07) is 0. The normalized spacial score (nSPS) is 40.3. The molecule has 2 aliphatic heterocycles. The largest absolute Gasteiger partial charge is 0.316 e. The lowest BCUT2D eigenvalue weighted by atomic mass is 9.94. The molecule has 0 saturated carbocycles. The van der Waals surface area contributed by atoms with Crippen LogP contribution in [0.3, 0.4) is 0 Å². The summed E-state index contributed by atoms with van der Waals surface area (Å²) < 4.78 is 0. The highest BCUT2D eigenvalue weighted by Crippen LogP contribution is 2.21. The Morgan fingerprint density at radius 2 is 2.14 bits per heavy atom. The zero-order chi connectivity index (χ0) is 9.97. The fourth-order valence-corrected chi connectivity index (χ4v) is 2.89. The van der Waals surface area contributed by atoms with Crippen LogP contribution in [0.1, 0.15) is 26.7 Å². The minimum Gasteiger partial charge on any atom is -0.316 e. The monoisotopic (exact) mass is 196 g/mol. The molecule has 0 aromatic rings. The Morgan fingerprint density at radius 1 is 1.29 bits per heavy atom. The minimum absolute atomic E-state index is 0.882. The van der Waals surface area contributed by atoms with Crippen LogP contribution in [0.15, 0.2) is 0 Å². The Morgan fingerprint density at radius 3 is 2.79 bits per heavy atom. The van der Waals surface area contributed by atoms with Gasteiger partial charge in [0.1, 0.15) is 0 Å². The summed E-state index contributed by atoms with van der Waals surface area (Å²) in [5, 5.41) is 3.50. The lowest BCUT2D eigenvalue weighted by Gasteiger charge is -2.33. The van der Waals surface area contributed by atoms with Crippen molar-refractivity contribution in [1.29, 1.82) is 0 Å². The number of nitrogens with zero attached hydrogens (tertiary/aromatic N) is 1. The Labute approximate surface area is 88.1 Å². The zero-order valence-corrected chi connectivity index (χ0v) is 9.63. The molecule has 0 radical (unpaired) electrons. The van der Waals surface area contributed by atoms with Crippen LogP contribution in [0.5, 0.6) is 0 Å². The first kappa shape index (κ1) is 10.4. The highest BCUT2D eigenvalue weighted by atomic mass is 15.1. The molecule has 2 nitrogen and oxygen atoms in total. The molecule has 14 heavy (non-hydrogen) atoms. The molecule has 0 spiro atoms. The number of rotatable bonds is 2. The Kier molecular flexibility index (Phi) is 3.45. The van der Waals surface area contributed by atoms with Gasteiger partial charge in [0.2, 0.25) is 0 Å². The fraction of sp³-hybridized carbons (Fsp3) is 1.00. The third kappa shape index (κ3) is 2.48. The maximum absolute atomic E-state index is 3.50. The maximum Gasteiger partial charge on any atom is 0.00249 e. The lowest BCUT2D eigenvalue weighted by Crippen LogP contribution is -2.39. The predicted molar refractivity (Wildman–Crippen MR) is 60.4 cm³/mol. The van der Waals surface area contributed by atoms with E-state index in [1.165, 1.54) is 45.6 Å². The van der Waals surface area contributed by atoms with Crippen molar-refractivity contribution in [3.8, 4) is 0 Å². The van der Waals surface area contributed by atoms with Gasteiger partial charge in [0.05, 0.1) is 0 Å². The van der Waals surface area contributed by atoms with Crippen LogP contribution >= 0.6 is 0 Å². The van der Waals surface area contributed by atoms with Crippen molar-refractivity contribution >= 4 is 0 Å². The smallest absolute Gasteiger partial charge is 0.00249 e. The van der Waals surface area contributed by atoms with Gasteiger partial charge in [-0.1, -0.05) is 13.8 Å². The van der Waals surface area contributed by atoms with Gasteiger partial charge in [0.15, 0.2) is 0 Å². The highest BCUT2D eigenvalue weighted by Gasteiger charge is 2.26. The van der Waals surface area contributed by atoms with Crippen molar-refractivity contribution in [3.63, 3.8) is 0 Å². The van der Waals surface area contributed by atoms with E-state index >= 15 is 0 Å². The third-order valence-corrected chi connectivity index (χ3v) is 3.91. The van der Waals surface area contributed by atoms with E-state index in [1.54, 1.807) is 0 Å². The molecule has 1 unspecified atom stereocenters. The van der Waals surface area contributed by atoms with E-state index in [0.29, 0.717) is 0 Å². The second-order valence-corrected chi connectivity index (χ2v) is 5.40. The van der Waals surface area contributed by atoms with E-state index < -0.39 is 0 Å². The molecule has 0 aromatic carbocycles. The molecule has 0 bridgehead atoms. The summed E-state index contributed by atoms with van der Waals surface area (Å²) >= 11 is 0. The van der Waals surface area contributed by atoms with Gasteiger partial charge in [-0.3, -0.25) is 0 Å². The summed E-state index contributed by atoms with van der Waals surface area (Å²) in [7, 11) is 0. The molecular weight excluding hydrogens is 172 g/mol. The molecule has 2 heteroatoms. The van der Waals surface area contributed by atoms with E-state index in [0.717, 1.165) is 17.8 Å². The van der Waals surface area contributed by atoms with Crippen LogP contribution in [0.25, 0.3) is 0 Å². The summed E-state index contributed by atoms with van der Waals surface area (Å²) in [5.74, 6) is 2.71. The van der Waals surface area contributed by atoms with Crippen molar-refractivity contribution in [1.82, 2.24) is 10.2 Å². The molecule has 82 valence electrons. The van der Waals surface area contributed by atoms with Crippen molar-refractivity contribution in [2.24, 2.45) is 17.8 Å². The van der Waals surface area contributed by atoms with Crippen LogP contribution in [-0.4, -0.2) is 37.6 Å². The molecule has 2 saturated heterocycles. The number of piperidine rings is 1. The quantitative estimate of drug-likeness (QED) is 0.721. The average molecular weight is 196 g/mol. The summed E-state index contributed by atoms with van der Waals surface area (Å²) in [6.45, 7) is 11.3. The van der Waals surface area contributed by atoms with E-state index in [2.05, 4.69) is 24.1 Å². The van der Waals surface area contributed by atoms with Gasteiger partial charge >= 0.3 is 0 Å². The summed E-state index contributed by atoms with van der Waals surface area (Å²) in [4.78, 5) is 2.68. The second kappa shape index (κ2) is 4.63. The fourth-order valence-electron chi connectivity index (χ4n) is 2.89. The molecule has 2 heterocycles. The van der Waals surface area contributed by atoms with Crippen molar-refractivity contribution in [2.45, 2.75) is 26.7 Å². The van der Waals surface area contributed by atoms with Gasteiger partial charge in [-0.25, -0.2) is 0 Å². The second-order valence-electron chi connectivity index (χ2n) is 5.40. The predicted octanol–water partition coefficient (Wildman–Crippen LogP) is 1.57. The first-order valence-corrected chi connectivity index (χ1v) is 6.19. The van der Waals surface area contributed by atoms with Crippen LogP contribution in [0.2, 0.25) is 0 Å². The van der Waals surface area contributed by atoms with E-state index in [1.807, 2.05) is 0 Å². The topological polar surface area (TPSA) is 15.3 Å². The molecular formula is C12H24N2. The standard InChI is InChI=1S/C12H24N2/c1-10-4-3-5-14(8-10)9-12-7-13-6-11(12)2/h10-13H,3-9H2,1-2H3/t10?,11-,12+/m1/s1. The first-order chi connectivity index (χ1) is 6.75. The van der Waals surface area contributed by atoms with Crippen molar-refractivity contribution in [2.75, 3.05) is 32.7 Å². The van der Waals surface area contributed by atoms with Gasteiger partial charge in [-0.05, 0) is 50.2 Å². The van der Waals surface area contributed by atoms with E-state index in [4.69, 9.17) is 0 Å². The molecule has 0 amide bonds. The van der Waals surface area contributed by atoms with Crippen molar-refractivity contribution < 1.29 is 0 Å². The van der Waals surface area contributed by atoms with Gasteiger partial charge in [-0.15, -0.1) is 0 Å². The summed E-state index contributed by atoms with van der Waals surface area (Å²) in [6.07, 6.45) is 2.85. The molecule has 3 atom stereocenters. The molecule has 2 rings (SSSR count).